The third-order valence-electron chi connectivity index (χ3n) is 2.14. The lowest BCUT2D eigenvalue weighted by atomic mass is 10.1. The van der Waals surface area contributed by atoms with Gasteiger partial charge in [-0.25, -0.2) is 4.39 Å². The summed E-state index contributed by atoms with van der Waals surface area (Å²) in [5, 5.41) is 0.454. The van der Waals surface area contributed by atoms with Gasteiger partial charge in [-0.1, -0.05) is 24.3 Å². The Morgan fingerprint density at radius 2 is 1.60 bits per heavy atom. The number of halogens is 4. The van der Waals surface area contributed by atoms with Crippen LogP contribution in [0.4, 0.5) is 17.6 Å². The molecule has 0 aliphatic heterocycles. The maximum Gasteiger partial charge on any atom is 0.416 e. The fourth-order valence-corrected chi connectivity index (χ4v) is 1.43. The fraction of sp³-hybridized carbons (Fsp3) is 0.0909. The zero-order valence-electron chi connectivity index (χ0n) is 7.48. The van der Waals surface area contributed by atoms with E-state index in [0.717, 1.165) is 6.07 Å². The van der Waals surface area contributed by atoms with E-state index in [9.17, 15) is 17.6 Å². The van der Waals surface area contributed by atoms with Gasteiger partial charge in [0.2, 0.25) is 0 Å². The van der Waals surface area contributed by atoms with E-state index in [1.807, 2.05) is 0 Å². The van der Waals surface area contributed by atoms with Gasteiger partial charge >= 0.3 is 6.18 Å². The minimum atomic E-state index is -4.51. The van der Waals surface area contributed by atoms with E-state index < -0.39 is 17.6 Å². The highest BCUT2D eigenvalue weighted by molar-refractivity contribution is 5.83. The van der Waals surface area contributed by atoms with Gasteiger partial charge < -0.3 is 0 Å². The average molecular weight is 214 g/mol. The maximum atomic E-state index is 13.3. The van der Waals surface area contributed by atoms with E-state index in [2.05, 4.69) is 0 Å². The molecule has 78 valence electrons. The van der Waals surface area contributed by atoms with E-state index in [1.54, 1.807) is 12.1 Å². The Bertz CT molecular complexity index is 499. The SMILES string of the molecule is Fc1cc(C(F)(F)F)cc2ccccc12. The van der Waals surface area contributed by atoms with Crippen LogP contribution in [-0.4, -0.2) is 0 Å². The van der Waals surface area contributed by atoms with Crippen molar-refractivity contribution in [3.63, 3.8) is 0 Å². The van der Waals surface area contributed by atoms with Crippen LogP contribution in [-0.2, 0) is 6.18 Å². The molecule has 0 fully saturated rings. The fourth-order valence-electron chi connectivity index (χ4n) is 1.43. The van der Waals surface area contributed by atoms with Crippen LogP contribution in [0.2, 0.25) is 0 Å². The van der Waals surface area contributed by atoms with Crippen LogP contribution in [0.1, 0.15) is 5.56 Å². The highest BCUT2D eigenvalue weighted by Gasteiger charge is 2.31. The van der Waals surface area contributed by atoms with E-state index in [1.165, 1.54) is 12.1 Å². The normalized spacial score (nSPS) is 12.0. The number of alkyl halides is 3. The third kappa shape index (κ3) is 1.79. The summed E-state index contributed by atoms with van der Waals surface area (Å²) in [5.41, 5.74) is -0.960. The van der Waals surface area contributed by atoms with Crippen molar-refractivity contribution in [2.75, 3.05) is 0 Å². The number of fused-ring (bicyclic) bond motifs is 1. The smallest absolute Gasteiger partial charge is 0.206 e. The Morgan fingerprint density at radius 3 is 2.27 bits per heavy atom. The molecule has 0 nitrogen and oxygen atoms in total. The summed E-state index contributed by atoms with van der Waals surface area (Å²) in [6.45, 7) is 0. The van der Waals surface area contributed by atoms with Crippen LogP contribution >= 0.6 is 0 Å². The lowest BCUT2D eigenvalue weighted by Crippen LogP contribution is -2.05. The summed E-state index contributed by atoms with van der Waals surface area (Å²) in [5.74, 6) is -0.847. The van der Waals surface area contributed by atoms with Gasteiger partial charge in [0.15, 0.2) is 0 Å². The van der Waals surface area contributed by atoms with Crippen LogP contribution in [0.15, 0.2) is 36.4 Å². The molecule has 0 aromatic heterocycles. The molecule has 0 saturated carbocycles. The minimum Gasteiger partial charge on any atom is -0.206 e. The molecule has 0 bridgehead atoms. The van der Waals surface area contributed by atoms with Crippen molar-refractivity contribution >= 4 is 10.8 Å². The van der Waals surface area contributed by atoms with Crippen LogP contribution in [0.5, 0.6) is 0 Å². The van der Waals surface area contributed by atoms with Crippen LogP contribution in [0.25, 0.3) is 10.8 Å². The molecule has 0 radical (unpaired) electrons. The van der Waals surface area contributed by atoms with Crippen molar-refractivity contribution in [3.05, 3.63) is 47.8 Å². The van der Waals surface area contributed by atoms with Gasteiger partial charge in [0.05, 0.1) is 5.56 Å². The van der Waals surface area contributed by atoms with Gasteiger partial charge in [-0.15, -0.1) is 0 Å². The molecular weight excluding hydrogens is 208 g/mol. The summed E-state index contributed by atoms with van der Waals surface area (Å²) in [6, 6.07) is 7.51. The highest BCUT2D eigenvalue weighted by atomic mass is 19.4. The Morgan fingerprint density at radius 1 is 0.933 bits per heavy atom. The molecule has 2 rings (SSSR count). The van der Waals surface area contributed by atoms with Gasteiger partial charge in [-0.2, -0.15) is 13.2 Å². The van der Waals surface area contributed by atoms with Crippen LogP contribution in [0, 0.1) is 5.82 Å². The molecule has 0 unspecified atom stereocenters. The monoisotopic (exact) mass is 214 g/mol. The first kappa shape index (κ1) is 9.96. The van der Waals surface area contributed by atoms with Gasteiger partial charge in [0, 0.05) is 5.39 Å². The van der Waals surface area contributed by atoms with Crippen molar-refractivity contribution in [1.29, 1.82) is 0 Å². The van der Waals surface area contributed by atoms with Gasteiger partial charge in [-0.3, -0.25) is 0 Å². The Balaban J connectivity index is 2.73. The van der Waals surface area contributed by atoms with Crippen molar-refractivity contribution < 1.29 is 17.6 Å². The number of hydrogen-bond acceptors (Lipinski definition) is 0. The quantitative estimate of drug-likeness (QED) is 0.581. The molecule has 0 atom stereocenters. The predicted octanol–water partition coefficient (Wildman–Crippen LogP) is 4.00. The molecule has 0 heterocycles. The summed E-state index contributed by atoms with van der Waals surface area (Å²) >= 11 is 0. The van der Waals surface area contributed by atoms with E-state index in [0.29, 0.717) is 6.07 Å². The van der Waals surface area contributed by atoms with Crippen molar-refractivity contribution in [1.82, 2.24) is 0 Å². The summed E-state index contributed by atoms with van der Waals surface area (Å²) in [6.07, 6.45) is -4.51. The van der Waals surface area contributed by atoms with Crippen molar-refractivity contribution in [2.45, 2.75) is 6.18 Å². The van der Waals surface area contributed by atoms with E-state index >= 15 is 0 Å². The largest absolute Gasteiger partial charge is 0.416 e. The molecular formula is C11H6F4. The molecule has 0 amide bonds. The minimum absolute atomic E-state index is 0.200. The molecule has 0 spiro atoms. The second-order valence-corrected chi connectivity index (χ2v) is 3.18. The maximum absolute atomic E-state index is 13.3. The molecule has 2 aromatic carbocycles. The predicted molar refractivity (Wildman–Crippen MR) is 48.9 cm³/mol. The summed E-state index contributed by atoms with van der Waals surface area (Å²) in [4.78, 5) is 0. The number of benzene rings is 2. The Kier molecular flexibility index (Phi) is 2.14. The standard InChI is InChI=1S/C11H6F4/c12-10-6-8(11(13,14)15)5-7-3-1-2-4-9(7)10/h1-6H. The van der Waals surface area contributed by atoms with E-state index in [-0.39, 0.29) is 10.8 Å². The molecule has 15 heavy (non-hydrogen) atoms. The van der Waals surface area contributed by atoms with Crippen molar-refractivity contribution in [2.24, 2.45) is 0 Å². The number of hydrogen-bond donors (Lipinski definition) is 0. The second kappa shape index (κ2) is 3.22. The van der Waals surface area contributed by atoms with E-state index in [4.69, 9.17) is 0 Å². The van der Waals surface area contributed by atoms with Gasteiger partial charge in [0.25, 0.3) is 0 Å². The van der Waals surface area contributed by atoms with Crippen molar-refractivity contribution in [3.8, 4) is 0 Å². The zero-order chi connectivity index (χ0) is 11.1. The van der Waals surface area contributed by atoms with Gasteiger partial charge in [-0.05, 0) is 17.5 Å². The average Bonchev–Trinajstić information content (AvgIpc) is 2.16. The van der Waals surface area contributed by atoms with Gasteiger partial charge in [0.1, 0.15) is 5.82 Å². The third-order valence-corrected chi connectivity index (χ3v) is 2.14. The van der Waals surface area contributed by atoms with Crippen LogP contribution in [0.3, 0.4) is 0 Å². The zero-order valence-corrected chi connectivity index (χ0v) is 7.48. The van der Waals surface area contributed by atoms with Crippen LogP contribution < -0.4 is 0 Å². The lowest BCUT2D eigenvalue weighted by Gasteiger charge is -2.08. The Hall–Kier alpha value is -1.58. The summed E-state index contributed by atoms with van der Waals surface area (Å²) < 4.78 is 50.3. The molecule has 2 aromatic rings. The second-order valence-electron chi connectivity index (χ2n) is 3.18. The number of rotatable bonds is 0. The first-order valence-electron chi connectivity index (χ1n) is 4.24. The molecule has 0 N–H and O–H groups in total. The topological polar surface area (TPSA) is 0 Å². The Labute approximate surface area is 83.1 Å². The molecule has 4 heteroatoms. The molecule has 0 aliphatic rings. The summed E-state index contributed by atoms with van der Waals surface area (Å²) in [7, 11) is 0. The highest BCUT2D eigenvalue weighted by Crippen LogP contribution is 2.32. The molecule has 0 saturated heterocycles. The molecule has 0 aliphatic carbocycles. The first-order valence-corrected chi connectivity index (χ1v) is 4.24. The first-order chi connectivity index (χ1) is 6.98. The lowest BCUT2D eigenvalue weighted by molar-refractivity contribution is -0.137.